The number of allylic oxidation sites excluding steroid dienone is 1. The molecule has 0 radical (unpaired) electrons. The summed E-state index contributed by atoms with van der Waals surface area (Å²) in [6, 6.07) is 76.2. The molecular formula is C105H135N13O4S. The van der Waals surface area contributed by atoms with E-state index >= 15 is 0 Å². The number of fused-ring (bicyclic) bond motifs is 11. The Morgan fingerprint density at radius 2 is 0.862 bits per heavy atom. The monoisotopic (exact) mass is 1670 g/mol. The van der Waals surface area contributed by atoms with Crippen molar-refractivity contribution in [3.05, 3.63) is 350 Å². The minimum Gasteiger partial charge on any atom is -0.477 e. The summed E-state index contributed by atoms with van der Waals surface area (Å²) in [4.78, 5) is 44.5. The van der Waals surface area contributed by atoms with Crippen molar-refractivity contribution in [2.45, 2.75) is 197 Å². The van der Waals surface area contributed by atoms with Crippen LogP contribution in [0.5, 0.6) is 5.88 Å². The number of pyridine rings is 4. The minimum atomic E-state index is 0.644. The van der Waals surface area contributed by atoms with Gasteiger partial charge in [0.15, 0.2) is 12.0 Å². The van der Waals surface area contributed by atoms with Gasteiger partial charge in [0.25, 0.3) is 0 Å². The molecule has 0 spiro atoms. The summed E-state index contributed by atoms with van der Waals surface area (Å²) in [5.74, 6) is 0.817. The van der Waals surface area contributed by atoms with E-state index in [1.54, 1.807) is 48.8 Å². The Morgan fingerprint density at radius 1 is 0.341 bits per heavy atom. The molecule has 0 unspecified atom stereocenters. The molecule has 2 aliphatic carbocycles. The first-order valence-corrected chi connectivity index (χ1v) is 44.7. The number of azo groups is 1. The van der Waals surface area contributed by atoms with Gasteiger partial charge in [-0.1, -0.05) is 304 Å². The van der Waals surface area contributed by atoms with E-state index in [2.05, 4.69) is 138 Å². The van der Waals surface area contributed by atoms with Crippen LogP contribution in [0.1, 0.15) is 198 Å². The first-order chi connectivity index (χ1) is 61.1. The fraction of sp³-hybridized carbons (Fsp3) is 0.286. The van der Waals surface area contributed by atoms with Crippen molar-refractivity contribution in [2.75, 3.05) is 6.61 Å². The molecule has 0 atom stereocenters. The molecule has 17 nitrogen and oxygen atoms in total. The lowest BCUT2D eigenvalue weighted by atomic mass is 10.1. The Kier molecular flexibility index (Phi) is 64.2. The molecule has 650 valence electrons. The molecule has 5 aliphatic rings. The van der Waals surface area contributed by atoms with Crippen LogP contribution in [0.4, 0.5) is 11.4 Å². The second-order valence-corrected chi connectivity index (χ2v) is 23.3. The van der Waals surface area contributed by atoms with E-state index in [0.29, 0.717) is 12.3 Å². The SMILES string of the molecule is C1=Cc2ccccc2C1.C1=Nc2ccccc2C1.CC.CC.CC.CC.CC.CC.CC.CC.CC.CC.CC.c1ccc2ncccc2c1.c1ccc2ncncc2c1.c1ccc2occc2c1.c1ccc2ocnc2c1.c1ccc2scnc2c1.c1cnc2c(c1)CCC2.c1cnc2c(c1)CCO2.c1cnc2c(c1)N=NC2.c1ncc2ccoc2n1. The molecule has 3 aliphatic heterocycles. The van der Waals surface area contributed by atoms with Crippen LogP contribution in [0, 0.1) is 0 Å². The predicted molar refractivity (Wildman–Crippen MR) is 527 cm³/mol. The lowest BCUT2D eigenvalue weighted by Crippen LogP contribution is -1.87. The van der Waals surface area contributed by atoms with Gasteiger partial charge in [0.1, 0.15) is 36.0 Å². The summed E-state index contributed by atoms with van der Waals surface area (Å²) in [6.45, 7) is 45.4. The average molecular weight is 1680 g/mol. The van der Waals surface area contributed by atoms with Crippen LogP contribution in [0.15, 0.2) is 339 Å². The molecule has 17 aromatic rings. The van der Waals surface area contributed by atoms with Crippen LogP contribution in [0.25, 0.3) is 71.3 Å². The van der Waals surface area contributed by atoms with Crippen molar-refractivity contribution >= 4 is 100 Å². The van der Waals surface area contributed by atoms with Crippen molar-refractivity contribution in [2.24, 2.45) is 15.2 Å². The van der Waals surface area contributed by atoms with Gasteiger partial charge in [-0.25, -0.2) is 34.9 Å². The summed E-state index contributed by atoms with van der Waals surface area (Å²) < 4.78 is 21.5. The molecule has 22 rings (SSSR count). The summed E-state index contributed by atoms with van der Waals surface area (Å²) in [5, 5.41) is 12.1. The van der Waals surface area contributed by atoms with Gasteiger partial charge in [0.2, 0.25) is 11.6 Å². The number of aliphatic imine (C=N–C) groups is 1. The highest BCUT2D eigenvalue weighted by molar-refractivity contribution is 7.16. The highest BCUT2D eigenvalue weighted by Crippen LogP contribution is 2.25. The number of oxazole rings is 1. The number of thiazole rings is 1. The van der Waals surface area contributed by atoms with Gasteiger partial charge in [-0.15, -0.1) is 11.3 Å². The van der Waals surface area contributed by atoms with Crippen LogP contribution < -0.4 is 4.74 Å². The van der Waals surface area contributed by atoms with Gasteiger partial charge in [-0.05, 0) is 139 Å². The molecule has 0 N–H and O–H groups in total. The lowest BCUT2D eigenvalue weighted by Gasteiger charge is -1.93. The molecule has 0 saturated carbocycles. The third-order valence-corrected chi connectivity index (χ3v) is 16.5. The van der Waals surface area contributed by atoms with Crippen LogP contribution in [0.3, 0.4) is 0 Å². The number of benzene rings is 7. The number of aryl methyl sites for hydroxylation is 2. The molecule has 0 saturated heterocycles. The van der Waals surface area contributed by atoms with E-state index in [0.717, 1.165) is 98.2 Å². The Labute approximate surface area is 738 Å². The van der Waals surface area contributed by atoms with E-state index in [4.69, 9.17) is 18.0 Å². The van der Waals surface area contributed by atoms with Gasteiger partial charge in [-0.2, -0.15) is 10.2 Å². The summed E-state index contributed by atoms with van der Waals surface area (Å²) in [6.07, 6.45) is 31.7. The lowest BCUT2D eigenvalue weighted by molar-refractivity contribution is 0.345. The van der Waals surface area contributed by atoms with Crippen molar-refractivity contribution in [3.8, 4) is 5.88 Å². The largest absolute Gasteiger partial charge is 0.477 e. The topological polar surface area (TPSA) is 215 Å². The van der Waals surface area contributed by atoms with Crippen LogP contribution in [0.2, 0.25) is 0 Å². The van der Waals surface area contributed by atoms with Crippen LogP contribution in [-0.4, -0.2) is 62.7 Å². The molecular weight excluding hydrogens is 1540 g/mol. The van der Waals surface area contributed by atoms with Gasteiger partial charge in [-0.3, -0.25) is 19.9 Å². The Balaban J connectivity index is 0.000000661. The van der Waals surface area contributed by atoms with Gasteiger partial charge in [0.05, 0.1) is 62.7 Å². The highest BCUT2D eigenvalue weighted by atomic mass is 32.1. The van der Waals surface area contributed by atoms with E-state index in [-0.39, 0.29) is 0 Å². The first kappa shape index (κ1) is 108. The number of nitrogens with zero attached hydrogens (tertiary/aromatic N) is 13. The zero-order chi connectivity index (χ0) is 90.6. The summed E-state index contributed by atoms with van der Waals surface area (Å²) in [5.41, 5.74) is 19.6. The molecule has 0 bridgehead atoms. The van der Waals surface area contributed by atoms with Crippen molar-refractivity contribution in [1.29, 1.82) is 0 Å². The molecule has 7 aromatic carbocycles. The molecule has 0 amide bonds. The van der Waals surface area contributed by atoms with Crippen molar-refractivity contribution in [1.82, 2.24) is 49.8 Å². The third kappa shape index (κ3) is 40.3. The van der Waals surface area contributed by atoms with Crippen molar-refractivity contribution in [3.63, 3.8) is 0 Å². The Morgan fingerprint density at radius 3 is 1.50 bits per heavy atom. The van der Waals surface area contributed by atoms with Crippen LogP contribution in [-0.2, 0) is 38.6 Å². The standard InChI is InChI=1S/C9H7N.C9H8.C8H6N2.C8H9N.C8H7N.C8H6O.C7H7NO.C7H5NO.C7H5NS.C6H5N3.C6H4N2O.11C2H6/c1-2-6-9-8(4-1)5-3-7-10-9;1-2-5-9-7-3-6-8(9)4-1;1-2-4-8-7(3-1)5-9-6-10-8;1-3-7-4-2-6-9-8(7)5-1;2*1-2-4-8-7(3-1)5-6-9-8;1-2-6-3-5-9-7(6)8-4-1;2*1-2-4-7-6(3-1)8-5-9-7;1-2-5-6(7-3-1)4-8-9-5;1-2-9-6-5(1)3-7-4-8-6;11*1-2/h1-7H;1-6H,7H2;1-6H;2,4,6H,1,3,5H2;1-4,6H,5H2;1-6H;1-2,4H,3,5H2;2*1-5H;1-3H,4H2;1-4H;11*1-2H3. The highest BCUT2D eigenvalue weighted by Gasteiger charge is 2.12. The Bertz CT molecular complexity index is 4630. The molecule has 0 fully saturated rings. The second kappa shape index (κ2) is 73.0. The maximum atomic E-state index is 5.19. The minimum absolute atomic E-state index is 0.644. The normalized spacial score (nSPS) is 10.4. The number of furan rings is 2. The van der Waals surface area contributed by atoms with E-state index in [9.17, 15) is 0 Å². The molecule has 18 heteroatoms. The molecule has 10 aromatic heterocycles. The van der Waals surface area contributed by atoms with Gasteiger partial charge >= 0.3 is 0 Å². The summed E-state index contributed by atoms with van der Waals surface area (Å²) >= 11 is 1.68. The fourth-order valence-electron chi connectivity index (χ4n) is 10.6. The second-order valence-electron chi connectivity index (χ2n) is 22.4. The number of para-hydroxylation sites is 7. The summed E-state index contributed by atoms with van der Waals surface area (Å²) in [7, 11) is 0. The first-order valence-electron chi connectivity index (χ1n) is 43.9. The zero-order valence-electron chi connectivity index (χ0n) is 77.1. The maximum Gasteiger partial charge on any atom is 0.228 e. The third-order valence-electron chi connectivity index (χ3n) is 15.7. The maximum absolute atomic E-state index is 5.19. The van der Waals surface area contributed by atoms with Gasteiger partial charge in [0, 0.05) is 83.7 Å². The molecule has 13 heterocycles. The van der Waals surface area contributed by atoms with Crippen LogP contribution >= 0.6 is 11.3 Å². The number of ether oxygens (including phenoxy) is 1. The van der Waals surface area contributed by atoms with Crippen molar-refractivity contribution < 1.29 is 18.0 Å². The predicted octanol–water partition coefficient (Wildman–Crippen LogP) is 31.4. The average Bonchev–Trinajstić information content (AvgIpc) is 1.42. The Hall–Kier alpha value is -12.9. The number of rotatable bonds is 0. The van der Waals surface area contributed by atoms with E-state index < -0.39 is 0 Å². The van der Waals surface area contributed by atoms with Gasteiger partial charge < -0.3 is 18.0 Å². The smallest absolute Gasteiger partial charge is 0.228 e. The number of hydrogen-bond acceptors (Lipinski definition) is 18. The fourth-order valence-corrected chi connectivity index (χ4v) is 11.3. The quantitative estimate of drug-likeness (QED) is 0.138. The molecule has 123 heavy (non-hydrogen) atoms. The zero-order valence-corrected chi connectivity index (χ0v) is 77.9. The number of aromatic nitrogens is 10. The number of hydrogen-bond donors (Lipinski definition) is 0. The van der Waals surface area contributed by atoms with E-state index in [1.807, 2.05) is 352 Å². The van der Waals surface area contributed by atoms with E-state index in [1.165, 1.54) is 75.6 Å².